The lowest BCUT2D eigenvalue weighted by molar-refractivity contribution is -0.120. The maximum atomic E-state index is 13.2. The predicted octanol–water partition coefficient (Wildman–Crippen LogP) is 2.00. The fraction of sp³-hybridized carbons (Fsp3) is 0.333. The number of fused-ring (bicyclic) bond motifs is 1. The van der Waals surface area contributed by atoms with Gasteiger partial charge in [0.05, 0.1) is 12.2 Å². The van der Waals surface area contributed by atoms with Crippen LogP contribution in [0.1, 0.15) is 40.4 Å². The quantitative estimate of drug-likeness (QED) is 0.537. The number of nitrogens with zero attached hydrogens (tertiary/aromatic N) is 4. The number of anilines is 1. The number of aromatic nitrogens is 3. The van der Waals surface area contributed by atoms with Crippen LogP contribution in [0.2, 0.25) is 0 Å². The normalized spacial score (nSPS) is 17.5. The molecule has 1 saturated heterocycles. The zero-order chi connectivity index (χ0) is 24.9. The lowest BCUT2D eigenvalue weighted by Crippen LogP contribution is -2.49. The van der Waals surface area contributed by atoms with Crippen molar-refractivity contribution in [3.63, 3.8) is 0 Å². The van der Waals surface area contributed by atoms with E-state index >= 15 is 0 Å². The van der Waals surface area contributed by atoms with Gasteiger partial charge < -0.3 is 15.0 Å². The number of hydrogen-bond acceptors (Lipinski definition) is 6. The van der Waals surface area contributed by atoms with Crippen LogP contribution in [-0.2, 0) is 11.2 Å². The Morgan fingerprint density at radius 3 is 2.81 bits per heavy atom. The van der Waals surface area contributed by atoms with Gasteiger partial charge in [-0.25, -0.2) is 4.98 Å². The number of benzene rings is 2. The van der Waals surface area contributed by atoms with Gasteiger partial charge in [0.15, 0.2) is 0 Å². The standard InChI is InChI=1S/C27H28N6O3/c1-32-22-16-20(10-7-15-33-13-5-6-14-33)11-12-23(22)36-18-21(27(32)35)28-26(34)25-29-24(30-31-25)17-19-8-3-2-4-9-19/h2-4,8-9,11-12,16,21H,5-6,13-15,17-18H2,1H3,(H,28,34)(H,29,30,31). The van der Waals surface area contributed by atoms with Crippen LogP contribution in [0.5, 0.6) is 5.75 Å². The fourth-order valence-electron chi connectivity index (χ4n) is 4.36. The molecule has 9 nitrogen and oxygen atoms in total. The van der Waals surface area contributed by atoms with Crippen molar-refractivity contribution in [2.45, 2.75) is 25.3 Å². The summed E-state index contributed by atoms with van der Waals surface area (Å²) in [4.78, 5) is 34.1. The van der Waals surface area contributed by atoms with Crippen molar-refractivity contribution < 1.29 is 14.3 Å². The first kappa shape index (κ1) is 23.6. The molecule has 0 aliphatic carbocycles. The van der Waals surface area contributed by atoms with E-state index in [0.717, 1.165) is 30.8 Å². The van der Waals surface area contributed by atoms with Crippen LogP contribution >= 0.6 is 0 Å². The molecule has 2 aliphatic heterocycles. The average Bonchev–Trinajstić information content (AvgIpc) is 3.57. The van der Waals surface area contributed by atoms with Crippen molar-refractivity contribution >= 4 is 17.5 Å². The smallest absolute Gasteiger partial charge is 0.291 e. The number of aromatic amines is 1. The van der Waals surface area contributed by atoms with E-state index in [9.17, 15) is 9.59 Å². The zero-order valence-corrected chi connectivity index (χ0v) is 20.2. The van der Waals surface area contributed by atoms with Crippen molar-refractivity contribution in [3.8, 4) is 17.6 Å². The highest BCUT2D eigenvalue weighted by Gasteiger charge is 2.31. The number of rotatable bonds is 5. The topological polar surface area (TPSA) is 103 Å². The van der Waals surface area contributed by atoms with E-state index in [-0.39, 0.29) is 18.3 Å². The second-order valence-electron chi connectivity index (χ2n) is 8.97. The van der Waals surface area contributed by atoms with Gasteiger partial charge in [-0.2, -0.15) is 0 Å². The molecule has 2 aliphatic rings. The molecular formula is C27H28N6O3. The third kappa shape index (κ3) is 5.39. The van der Waals surface area contributed by atoms with Crippen LogP contribution in [-0.4, -0.2) is 71.2 Å². The maximum Gasteiger partial charge on any atom is 0.291 e. The van der Waals surface area contributed by atoms with Gasteiger partial charge in [-0.05, 0) is 49.7 Å². The summed E-state index contributed by atoms with van der Waals surface area (Å²) in [5.74, 6) is 6.69. The number of nitrogens with one attached hydrogen (secondary N) is 2. The summed E-state index contributed by atoms with van der Waals surface area (Å²) >= 11 is 0. The minimum Gasteiger partial charge on any atom is -0.489 e. The van der Waals surface area contributed by atoms with E-state index in [1.54, 1.807) is 7.05 Å². The Labute approximate surface area is 209 Å². The van der Waals surface area contributed by atoms with Gasteiger partial charge in [0.1, 0.15) is 24.2 Å². The van der Waals surface area contributed by atoms with Gasteiger partial charge in [0, 0.05) is 19.0 Å². The molecular weight excluding hydrogens is 456 g/mol. The predicted molar refractivity (Wildman–Crippen MR) is 135 cm³/mol. The van der Waals surface area contributed by atoms with E-state index in [1.165, 1.54) is 17.7 Å². The SMILES string of the molecule is CN1C(=O)C(NC(=O)c2n[nH]c(Cc3ccccc3)n2)COc2ccc(C#CCN3CCCC3)cc21. The number of ether oxygens (including phenoxy) is 1. The van der Waals surface area contributed by atoms with E-state index in [0.29, 0.717) is 23.7 Å². The average molecular weight is 485 g/mol. The van der Waals surface area contributed by atoms with E-state index in [2.05, 4.69) is 37.2 Å². The molecule has 2 N–H and O–H groups in total. The number of likely N-dealkylation sites (tertiary alicyclic amines) is 1. The molecule has 1 fully saturated rings. The molecule has 3 heterocycles. The monoisotopic (exact) mass is 484 g/mol. The molecule has 0 radical (unpaired) electrons. The summed E-state index contributed by atoms with van der Waals surface area (Å²) in [6.07, 6.45) is 2.98. The molecule has 2 aromatic carbocycles. The van der Waals surface area contributed by atoms with Crippen molar-refractivity contribution in [3.05, 3.63) is 71.3 Å². The molecule has 5 rings (SSSR count). The second-order valence-corrected chi connectivity index (χ2v) is 8.97. The number of likely N-dealkylation sites (N-methyl/N-ethyl adjacent to an activating group) is 1. The van der Waals surface area contributed by atoms with Crippen molar-refractivity contribution in [1.82, 2.24) is 25.4 Å². The number of H-pyrrole nitrogens is 1. The fourth-order valence-corrected chi connectivity index (χ4v) is 4.36. The Kier molecular flexibility index (Phi) is 6.96. The van der Waals surface area contributed by atoms with E-state index < -0.39 is 11.9 Å². The molecule has 0 spiro atoms. The van der Waals surface area contributed by atoms with Crippen LogP contribution in [0, 0.1) is 11.8 Å². The van der Waals surface area contributed by atoms with Crippen molar-refractivity contribution in [2.24, 2.45) is 0 Å². The molecule has 1 unspecified atom stereocenters. The molecule has 0 saturated carbocycles. The van der Waals surface area contributed by atoms with Crippen LogP contribution < -0.4 is 15.0 Å². The lowest BCUT2D eigenvalue weighted by Gasteiger charge is -2.20. The van der Waals surface area contributed by atoms with Crippen LogP contribution in [0.4, 0.5) is 5.69 Å². The molecule has 2 amide bonds. The third-order valence-corrected chi connectivity index (χ3v) is 6.34. The molecule has 9 heteroatoms. The van der Waals surface area contributed by atoms with Gasteiger partial charge in [-0.3, -0.25) is 19.6 Å². The highest BCUT2D eigenvalue weighted by Crippen LogP contribution is 2.31. The highest BCUT2D eigenvalue weighted by atomic mass is 16.5. The Hall–Kier alpha value is -4.16. The summed E-state index contributed by atoms with van der Waals surface area (Å²) in [5, 5.41) is 9.53. The minimum absolute atomic E-state index is 0.00317. The highest BCUT2D eigenvalue weighted by molar-refractivity contribution is 6.02. The van der Waals surface area contributed by atoms with Gasteiger partial charge >= 0.3 is 0 Å². The number of carbonyl (C=O) groups is 2. The molecule has 0 bridgehead atoms. The summed E-state index contributed by atoms with van der Waals surface area (Å²) in [7, 11) is 1.67. The first-order valence-electron chi connectivity index (χ1n) is 12.1. The van der Waals surface area contributed by atoms with Gasteiger partial charge in [0.25, 0.3) is 11.8 Å². The molecule has 3 aromatic rings. The Balaban J connectivity index is 1.23. The Morgan fingerprint density at radius 2 is 2.00 bits per heavy atom. The summed E-state index contributed by atoms with van der Waals surface area (Å²) in [6.45, 7) is 2.94. The molecule has 1 aromatic heterocycles. The van der Waals surface area contributed by atoms with Crippen LogP contribution in [0.25, 0.3) is 0 Å². The first-order chi connectivity index (χ1) is 17.6. The first-order valence-corrected chi connectivity index (χ1v) is 12.1. The number of carbonyl (C=O) groups excluding carboxylic acids is 2. The summed E-state index contributed by atoms with van der Waals surface area (Å²) in [5.41, 5.74) is 2.48. The summed E-state index contributed by atoms with van der Waals surface area (Å²) < 4.78 is 5.88. The zero-order valence-electron chi connectivity index (χ0n) is 20.2. The maximum absolute atomic E-state index is 13.2. The molecule has 1 atom stereocenters. The number of amides is 2. The number of hydrogen-bond donors (Lipinski definition) is 2. The Bertz CT molecular complexity index is 1300. The van der Waals surface area contributed by atoms with Gasteiger partial charge in [-0.15, -0.1) is 5.10 Å². The van der Waals surface area contributed by atoms with Crippen molar-refractivity contribution in [1.29, 1.82) is 0 Å². The van der Waals surface area contributed by atoms with Crippen molar-refractivity contribution in [2.75, 3.05) is 38.2 Å². The van der Waals surface area contributed by atoms with Crippen LogP contribution in [0.3, 0.4) is 0 Å². The second kappa shape index (κ2) is 10.6. The van der Waals surface area contributed by atoms with E-state index in [4.69, 9.17) is 4.74 Å². The third-order valence-electron chi connectivity index (χ3n) is 6.34. The lowest BCUT2D eigenvalue weighted by atomic mass is 10.1. The minimum atomic E-state index is -0.879. The van der Waals surface area contributed by atoms with Gasteiger partial charge in [0.2, 0.25) is 5.82 Å². The van der Waals surface area contributed by atoms with E-state index in [1.807, 2.05) is 48.5 Å². The Morgan fingerprint density at radius 1 is 1.19 bits per heavy atom. The summed E-state index contributed by atoms with van der Waals surface area (Å²) in [6, 6.07) is 14.4. The van der Waals surface area contributed by atoms with Gasteiger partial charge in [-0.1, -0.05) is 42.2 Å². The molecule has 184 valence electrons. The largest absolute Gasteiger partial charge is 0.489 e. The molecule has 36 heavy (non-hydrogen) atoms. The van der Waals surface area contributed by atoms with Crippen LogP contribution in [0.15, 0.2) is 48.5 Å².